The number of H-pyrrole nitrogens is 1. The van der Waals surface area contributed by atoms with Gasteiger partial charge in [0.15, 0.2) is 9.84 Å². The van der Waals surface area contributed by atoms with Gasteiger partial charge in [-0.05, 0) is 17.0 Å². The second kappa shape index (κ2) is 3.70. The molecule has 1 aromatic carbocycles. The smallest absolute Gasteiger partial charge is 0.154 e. The van der Waals surface area contributed by atoms with Crippen LogP contribution in [0.3, 0.4) is 0 Å². The molecule has 0 amide bonds. The topological polar surface area (TPSA) is 49.9 Å². The van der Waals surface area contributed by atoms with Crippen molar-refractivity contribution in [3.05, 3.63) is 36.0 Å². The summed E-state index contributed by atoms with van der Waals surface area (Å²) in [7, 11) is -2.96. The Kier molecular flexibility index (Phi) is 2.52. The molecule has 3 nitrogen and oxygen atoms in total. The predicted octanol–water partition coefficient (Wildman–Crippen LogP) is 2.10. The zero-order chi connectivity index (χ0) is 10.9. The predicted molar refractivity (Wildman–Crippen MR) is 61.5 cm³/mol. The quantitative estimate of drug-likeness (QED) is 0.866. The van der Waals surface area contributed by atoms with Crippen molar-refractivity contribution in [1.82, 2.24) is 4.98 Å². The van der Waals surface area contributed by atoms with E-state index in [9.17, 15) is 8.42 Å². The Morgan fingerprint density at radius 2 is 2.07 bits per heavy atom. The number of rotatable bonds is 3. The summed E-state index contributed by atoms with van der Waals surface area (Å²) < 4.78 is 23.0. The molecule has 1 heterocycles. The van der Waals surface area contributed by atoms with Gasteiger partial charge in [0.1, 0.15) is 0 Å². The Labute approximate surface area is 89.0 Å². The normalized spacial score (nSPS) is 12.1. The van der Waals surface area contributed by atoms with Gasteiger partial charge in [-0.25, -0.2) is 8.42 Å². The second-order valence-corrected chi connectivity index (χ2v) is 5.89. The van der Waals surface area contributed by atoms with E-state index < -0.39 is 9.84 Å². The van der Waals surface area contributed by atoms with Crippen LogP contribution in [0.1, 0.15) is 12.5 Å². The molecule has 1 aromatic heterocycles. The van der Waals surface area contributed by atoms with Crippen molar-refractivity contribution in [2.45, 2.75) is 12.7 Å². The molecule has 0 aliphatic carbocycles. The van der Waals surface area contributed by atoms with Gasteiger partial charge in [0.2, 0.25) is 0 Å². The molecule has 0 fully saturated rings. The molecule has 0 atom stereocenters. The maximum Gasteiger partial charge on any atom is 0.154 e. The van der Waals surface area contributed by atoms with Gasteiger partial charge in [-0.1, -0.05) is 25.1 Å². The SMILES string of the molecule is CCS(=O)(=O)Cc1cccc2cc[nH]c12. The van der Waals surface area contributed by atoms with Gasteiger partial charge >= 0.3 is 0 Å². The first-order chi connectivity index (χ1) is 7.12. The number of benzene rings is 1. The number of aromatic amines is 1. The minimum atomic E-state index is -2.96. The van der Waals surface area contributed by atoms with E-state index in [2.05, 4.69) is 4.98 Å². The fourth-order valence-electron chi connectivity index (χ4n) is 1.61. The molecule has 0 aliphatic heterocycles. The van der Waals surface area contributed by atoms with Gasteiger partial charge in [-0.15, -0.1) is 0 Å². The number of hydrogen-bond acceptors (Lipinski definition) is 2. The number of sulfone groups is 1. The first-order valence-corrected chi connectivity index (χ1v) is 6.70. The number of nitrogens with one attached hydrogen (secondary N) is 1. The molecule has 1 N–H and O–H groups in total. The Bertz CT molecular complexity index is 569. The van der Waals surface area contributed by atoms with Crippen LogP contribution in [0.25, 0.3) is 10.9 Å². The molecule has 4 heteroatoms. The van der Waals surface area contributed by atoms with Crippen molar-refractivity contribution in [2.75, 3.05) is 5.75 Å². The molecule has 15 heavy (non-hydrogen) atoms. The van der Waals surface area contributed by atoms with Crippen molar-refractivity contribution >= 4 is 20.7 Å². The van der Waals surface area contributed by atoms with Crippen LogP contribution >= 0.6 is 0 Å². The third-order valence-corrected chi connectivity index (χ3v) is 4.12. The number of fused-ring (bicyclic) bond motifs is 1. The van der Waals surface area contributed by atoms with E-state index in [1.54, 1.807) is 6.92 Å². The Morgan fingerprint density at radius 1 is 1.27 bits per heavy atom. The molecule has 0 spiro atoms. The highest BCUT2D eigenvalue weighted by molar-refractivity contribution is 7.90. The lowest BCUT2D eigenvalue weighted by molar-refractivity contribution is 0.596. The summed E-state index contributed by atoms with van der Waals surface area (Å²) >= 11 is 0. The molecule has 0 saturated carbocycles. The lowest BCUT2D eigenvalue weighted by atomic mass is 10.2. The molecular weight excluding hydrogens is 210 g/mol. The van der Waals surface area contributed by atoms with E-state index in [4.69, 9.17) is 0 Å². The van der Waals surface area contributed by atoms with Crippen molar-refractivity contribution < 1.29 is 8.42 Å². The molecule has 0 saturated heterocycles. The van der Waals surface area contributed by atoms with Gasteiger partial charge in [-0.3, -0.25) is 0 Å². The monoisotopic (exact) mass is 223 g/mol. The maximum atomic E-state index is 11.5. The summed E-state index contributed by atoms with van der Waals surface area (Å²) in [6.07, 6.45) is 1.83. The van der Waals surface area contributed by atoms with E-state index in [0.29, 0.717) is 0 Å². The highest BCUT2D eigenvalue weighted by atomic mass is 32.2. The minimum Gasteiger partial charge on any atom is -0.361 e. The van der Waals surface area contributed by atoms with E-state index in [1.807, 2.05) is 30.5 Å². The number of hydrogen-bond donors (Lipinski definition) is 1. The number of para-hydroxylation sites is 1. The van der Waals surface area contributed by atoms with Crippen molar-refractivity contribution in [3.63, 3.8) is 0 Å². The summed E-state index contributed by atoms with van der Waals surface area (Å²) in [6.45, 7) is 1.67. The minimum absolute atomic E-state index is 0.112. The van der Waals surface area contributed by atoms with Gasteiger partial charge in [0, 0.05) is 17.5 Å². The van der Waals surface area contributed by atoms with Crippen LogP contribution in [0.15, 0.2) is 30.5 Å². The molecule has 80 valence electrons. The lowest BCUT2D eigenvalue weighted by Gasteiger charge is -2.03. The molecular formula is C11H13NO2S. The van der Waals surface area contributed by atoms with Crippen LogP contribution < -0.4 is 0 Å². The lowest BCUT2D eigenvalue weighted by Crippen LogP contribution is -2.06. The van der Waals surface area contributed by atoms with Crippen LogP contribution in [-0.4, -0.2) is 19.2 Å². The first-order valence-electron chi connectivity index (χ1n) is 4.88. The summed E-state index contributed by atoms with van der Waals surface area (Å²) in [5.41, 5.74) is 1.77. The van der Waals surface area contributed by atoms with Crippen LogP contribution in [0.2, 0.25) is 0 Å². The third kappa shape index (κ3) is 2.04. The summed E-state index contributed by atoms with van der Waals surface area (Å²) in [5, 5.41) is 1.05. The van der Waals surface area contributed by atoms with Crippen molar-refractivity contribution in [3.8, 4) is 0 Å². The fourth-order valence-corrected chi connectivity index (χ4v) is 2.53. The van der Waals surface area contributed by atoms with Crippen LogP contribution in [0.5, 0.6) is 0 Å². The molecule has 0 bridgehead atoms. The molecule has 0 radical (unpaired) electrons. The average molecular weight is 223 g/mol. The Morgan fingerprint density at radius 3 is 2.80 bits per heavy atom. The van der Waals surface area contributed by atoms with E-state index in [-0.39, 0.29) is 11.5 Å². The van der Waals surface area contributed by atoms with Crippen molar-refractivity contribution in [2.24, 2.45) is 0 Å². The molecule has 2 rings (SSSR count). The zero-order valence-corrected chi connectivity index (χ0v) is 9.34. The van der Waals surface area contributed by atoms with Gasteiger partial charge < -0.3 is 4.98 Å². The second-order valence-electron chi connectivity index (χ2n) is 3.54. The largest absolute Gasteiger partial charge is 0.361 e. The van der Waals surface area contributed by atoms with E-state index in [0.717, 1.165) is 16.5 Å². The van der Waals surface area contributed by atoms with E-state index >= 15 is 0 Å². The average Bonchev–Trinajstić information content (AvgIpc) is 2.66. The number of aromatic nitrogens is 1. The standard InChI is InChI=1S/C11H13NO2S/c1-2-15(13,14)8-10-5-3-4-9-6-7-12-11(9)10/h3-7,12H,2,8H2,1H3. The van der Waals surface area contributed by atoms with Crippen LogP contribution in [-0.2, 0) is 15.6 Å². The summed E-state index contributed by atoms with van der Waals surface area (Å²) in [6, 6.07) is 7.65. The van der Waals surface area contributed by atoms with Crippen LogP contribution in [0.4, 0.5) is 0 Å². The molecule has 0 aliphatic rings. The Hall–Kier alpha value is -1.29. The van der Waals surface area contributed by atoms with Crippen LogP contribution in [0, 0.1) is 0 Å². The Balaban J connectivity index is 2.48. The first kappa shape index (κ1) is 10.2. The van der Waals surface area contributed by atoms with Gasteiger partial charge in [0.25, 0.3) is 0 Å². The highest BCUT2D eigenvalue weighted by Crippen LogP contribution is 2.19. The summed E-state index contributed by atoms with van der Waals surface area (Å²) in [4.78, 5) is 3.07. The molecule has 0 unspecified atom stereocenters. The van der Waals surface area contributed by atoms with Gasteiger partial charge in [0.05, 0.1) is 5.75 Å². The van der Waals surface area contributed by atoms with Gasteiger partial charge in [-0.2, -0.15) is 0 Å². The summed E-state index contributed by atoms with van der Waals surface area (Å²) in [5.74, 6) is 0.297. The van der Waals surface area contributed by atoms with E-state index in [1.165, 1.54) is 0 Å². The molecule has 2 aromatic rings. The maximum absolute atomic E-state index is 11.5. The highest BCUT2D eigenvalue weighted by Gasteiger charge is 2.11. The fraction of sp³-hybridized carbons (Fsp3) is 0.273. The van der Waals surface area contributed by atoms with Crippen molar-refractivity contribution in [1.29, 1.82) is 0 Å². The zero-order valence-electron chi connectivity index (χ0n) is 8.53. The third-order valence-electron chi connectivity index (χ3n) is 2.49.